The fraction of sp³-hybridized carbons (Fsp3) is 0.286. The van der Waals surface area contributed by atoms with E-state index in [1.165, 1.54) is 13.1 Å². The maximum atomic E-state index is 13.1. The van der Waals surface area contributed by atoms with E-state index in [-0.39, 0.29) is 11.1 Å². The molecule has 9 nitrogen and oxygen atoms in total. The van der Waals surface area contributed by atoms with E-state index in [1.807, 2.05) is 32.0 Å². The Balaban J connectivity index is 2.37. The second-order valence-corrected chi connectivity index (χ2v) is 8.78. The fourth-order valence-electron chi connectivity index (χ4n) is 2.90. The number of para-hydroxylation sites is 1. The molecule has 31 heavy (non-hydrogen) atoms. The summed E-state index contributed by atoms with van der Waals surface area (Å²) in [5, 5.41) is 2.71. The third-order valence-corrected chi connectivity index (χ3v) is 6.45. The minimum Gasteiger partial charge on any atom is -0.465 e. The lowest BCUT2D eigenvalue weighted by molar-refractivity contribution is -0.116. The van der Waals surface area contributed by atoms with Crippen LogP contribution in [0.1, 0.15) is 31.8 Å². The van der Waals surface area contributed by atoms with Crippen LogP contribution in [0, 0.1) is 13.8 Å². The zero-order valence-electron chi connectivity index (χ0n) is 17.9. The van der Waals surface area contributed by atoms with E-state index in [1.54, 1.807) is 0 Å². The molecule has 0 radical (unpaired) electrons. The molecule has 0 atom stereocenters. The van der Waals surface area contributed by atoms with Gasteiger partial charge < -0.3 is 14.8 Å². The summed E-state index contributed by atoms with van der Waals surface area (Å²) < 4.78 is 36.3. The molecule has 0 fully saturated rings. The van der Waals surface area contributed by atoms with Crippen molar-refractivity contribution in [2.24, 2.45) is 0 Å². The van der Waals surface area contributed by atoms with Crippen LogP contribution < -0.4 is 5.32 Å². The van der Waals surface area contributed by atoms with Gasteiger partial charge >= 0.3 is 11.9 Å². The topological polar surface area (TPSA) is 119 Å². The number of likely N-dealkylation sites (N-methyl/N-ethyl adjacent to an activating group) is 1. The van der Waals surface area contributed by atoms with E-state index < -0.39 is 39.3 Å². The number of nitrogens with zero attached hydrogens (tertiary/aromatic N) is 1. The number of nitrogens with one attached hydrogen (secondary N) is 1. The summed E-state index contributed by atoms with van der Waals surface area (Å²) >= 11 is 0. The zero-order chi connectivity index (χ0) is 23.3. The molecule has 0 unspecified atom stereocenters. The molecule has 2 aromatic carbocycles. The van der Waals surface area contributed by atoms with Gasteiger partial charge in [-0.05, 0) is 43.2 Å². The first-order valence-corrected chi connectivity index (χ1v) is 10.6. The van der Waals surface area contributed by atoms with Gasteiger partial charge in [0.25, 0.3) is 0 Å². The van der Waals surface area contributed by atoms with E-state index in [0.717, 1.165) is 41.8 Å². The van der Waals surface area contributed by atoms with Gasteiger partial charge in [-0.1, -0.05) is 18.2 Å². The van der Waals surface area contributed by atoms with Crippen molar-refractivity contribution < 1.29 is 32.3 Å². The van der Waals surface area contributed by atoms with Crippen molar-refractivity contribution in [3.63, 3.8) is 0 Å². The normalized spacial score (nSPS) is 11.2. The molecule has 1 N–H and O–H groups in total. The molecule has 166 valence electrons. The summed E-state index contributed by atoms with van der Waals surface area (Å²) in [6, 6.07) is 8.93. The van der Waals surface area contributed by atoms with E-state index in [0.29, 0.717) is 5.69 Å². The predicted octanol–water partition coefficient (Wildman–Crippen LogP) is 2.14. The summed E-state index contributed by atoms with van der Waals surface area (Å²) in [5.74, 6) is -2.24. The molecule has 10 heteroatoms. The Labute approximate surface area is 181 Å². The van der Waals surface area contributed by atoms with Gasteiger partial charge in [-0.2, -0.15) is 4.31 Å². The van der Waals surface area contributed by atoms with Gasteiger partial charge in [0.1, 0.15) is 0 Å². The number of esters is 2. The lowest BCUT2D eigenvalue weighted by Gasteiger charge is -2.19. The van der Waals surface area contributed by atoms with Crippen molar-refractivity contribution in [2.75, 3.05) is 33.1 Å². The van der Waals surface area contributed by atoms with Gasteiger partial charge in [0.05, 0.1) is 36.8 Å². The zero-order valence-corrected chi connectivity index (χ0v) is 18.7. The summed E-state index contributed by atoms with van der Waals surface area (Å²) in [7, 11) is -0.879. The molecule has 2 rings (SSSR count). The van der Waals surface area contributed by atoms with Crippen LogP contribution in [-0.2, 0) is 24.3 Å². The van der Waals surface area contributed by atoms with E-state index in [2.05, 4.69) is 14.8 Å². The Morgan fingerprint density at radius 2 is 1.55 bits per heavy atom. The molecule has 2 aromatic rings. The summed E-state index contributed by atoms with van der Waals surface area (Å²) in [4.78, 5) is 36.0. The van der Waals surface area contributed by atoms with Gasteiger partial charge in [-0.15, -0.1) is 0 Å². The molecule has 1 amide bonds. The summed E-state index contributed by atoms with van der Waals surface area (Å²) in [6.45, 7) is 3.13. The minimum absolute atomic E-state index is 0.0675. The summed E-state index contributed by atoms with van der Waals surface area (Å²) in [6.07, 6.45) is 0. The van der Waals surface area contributed by atoms with Crippen LogP contribution in [0.2, 0.25) is 0 Å². The van der Waals surface area contributed by atoms with Crippen LogP contribution in [0.3, 0.4) is 0 Å². The van der Waals surface area contributed by atoms with Gasteiger partial charge in [-0.25, -0.2) is 18.0 Å². The average molecular weight is 448 g/mol. The van der Waals surface area contributed by atoms with Crippen LogP contribution in [-0.4, -0.2) is 58.4 Å². The SMILES string of the molecule is COC(=O)c1ccc(C(=O)OC)c(S(=O)(=O)N(C)CC(=O)Nc2c(C)cccc2C)c1. The molecule has 0 aliphatic heterocycles. The largest absolute Gasteiger partial charge is 0.465 e. The van der Waals surface area contributed by atoms with Crippen molar-refractivity contribution in [1.82, 2.24) is 4.31 Å². The number of ether oxygens (including phenoxy) is 2. The molecule has 0 aliphatic rings. The van der Waals surface area contributed by atoms with Gasteiger partial charge in [0, 0.05) is 12.7 Å². The average Bonchev–Trinajstić information content (AvgIpc) is 2.74. The monoisotopic (exact) mass is 448 g/mol. The predicted molar refractivity (Wildman–Crippen MR) is 113 cm³/mol. The number of rotatable bonds is 7. The fourth-order valence-corrected chi connectivity index (χ4v) is 4.23. The molecule has 0 bridgehead atoms. The van der Waals surface area contributed by atoms with Crippen LogP contribution in [0.4, 0.5) is 5.69 Å². The Bertz CT molecular complexity index is 1110. The van der Waals surface area contributed by atoms with E-state index >= 15 is 0 Å². The van der Waals surface area contributed by atoms with Gasteiger partial charge in [-0.3, -0.25) is 4.79 Å². The van der Waals surface area contributed by atoms with Crippen LogP contribution in [0.25, 0.3) is 0 Å². The number of carbonyl (C=O) groups excluding carboxylic acids is 3. The second kappa shape index (κ2) is 9.71. The highest BCUT2D eigenvalue weighted by molar-refractivity contribution is 7.89. The Morgan fingerprint density at radius 1 is 0.968 bits per heavy atom. The third kappa shape index (κ3) is 5.28. The third-order valence-electron chi connectivity index (χ3n) is 4.61. The van der Waals surface area contributed by atoms with Crippen LogP contribution in [0.5, 0.6) is 0 Å². The molecule has 0 aliphatic carbocycles. The second-order valence-electron chi connectivity index (χ2n) is 6.77. The number of anilines is 1. The van der Waals surface area contributed by atoms with Gasteiger partial charge in [0.2, 0.25) is 15.9 Å². The Hall–Kier alpha value is -3.24. The quantitative estimate of drug-likeness (QED) is 0.645. The molecular weight excluding hydrogens is 424 g/mol. The lowest BCUT2D eigenvalue weighted by Crippen LogP contribution is -2.36. The first-order chi connectivity index (χ1) is 14.5. The molecule has 0 heterocycles. The number of hydrogen-bond donors (Lipinski definition) is 1. The molecular formula is C21H24N2O7S. The Kier molecular flexibility index (Phi) is 7.53. The highest BCUT2D eigenvalue weighted by atomic mass is 32.2. The highest BCUT2D eigenvalue weighted by Crippen LogP contribution is 2.23. The minimum atomic E-state index is -4.33. The Morgan fingerprint density at radius 3 is 2.10 bits per heavy atom. The van der Waals surface area contributed by atoms with Crippen LogP contribution in [0.15, 0.2) is 41.3 Å². The van der Waals surface area contributed by atoms with Crippen LogP contribution >= 0.6 is 0 Å². The molecule has 0 aromatic heterocycles. The number of hydrogen-bond acceptors (Lipinski definition) is 7. The number of sulfonamides is 1. The molecule has 0 saturated heterocycles. The number of benzene rings is 2. The van der Waals surface area contributed by atoms with Crippen molar-refractivity contribution in [3.05, 3.63) is 58.7 Å². The lowest BCUT2D eigenvalue weighted by atomic mass is 10.1. The van der Waals surface area contributed by atoms with Crippen molar-refractivity contribution in [3.8, 4) is 0 Å². The number of carbonyl (C=O) groups is 3. The smallest absolute Gasteiger partial charge is 0.339 e. The number of amides is 1. The van der Waals surface area contributed by atoms with E-state index in [4.69, 9.17) is 0 Å². The summed E-state index contributed by atoms with van der Waals surface area (Å²) in [5.41, 5.74) is 1.93. The maximum absolute atomic E-state index is 13.1. The van der Waals surface area contributed by atoms with Crippen molar-refractivity contribution in [2.45, 2.75) is 18.7 Å². The van der Waals surface area contributed by atoms with Gasteiger partial charge in [0.15, 0.2) is 0 Å². The molecule has 0 saturated carbocycles. The maximum Gasteiger partial charge on any atom is 0.339 e. The number of methoxy groups -OCH3 is 2. The molecule has 0 spiro atoms. The highest BCUT2D eigenvalue weighted by Gasteiger charge is 2.30. The first-order valence-electron chi connectivity index (χ1n) is 9.16. The standard InChI is InChI=1S/C21H24N2O7S/c1-13-7-6-8-14(2)19(13)22-18(24)12-23(3)31(27,28)17-11-15(20(25)29-4)9-10-16(17)21(26)30-5/h6-11H,12H2,1-5H3,(H,22,24). The van der Waals surface area contributed by atoms with E-state index in [9.17, 15) is 22.8 Å². The first kappa shape index (κ1) is 24.0. The number of aryl methyl sites for hydroxylation is 2. The van der Waals surface area contributed by atoms with Crippen molar-refractivity contribution in [1.29, 1.82) is 0 Å². The van der Waals surface area contributed by atoms with Crippen molar-refractivity contribution >= 4 is 33.6 Å².